The average molecular weight is 196 g/mol. The van der Waals surface area contributed by atoms with E-state index in [9.17, 15) is 5.11 Å². The predicted octanol–water partition coefficient (Wildman–Crippen LogP) is 2.37. The van der Waals surface area contributed by atoms with Gasteiger partial charge in [0.1, 0.15) is 0 Å². The van der Waals surface area contributed by atoms with E-state index >= 15 is 0 Å². The standard InChI is InChI=1S/C10H14O2.C2H6/c1-8(7-11)10(12)9-5-3-2-4-6-9;1-2/h2-6,8,10-12H,7H2,1H3;1-2H3. The molecule has 14 heavy (non-hydrogen) atoms. The molecule has 0 saturated heterocycles. The quantitative estimate of drug-likeness (QED) is 0.779. The summed E-state index contributed by atoms with van der Waals surface area (Å²) in [6.07, 6.45) is -0.559. The van der Waals surface area contributed by atoms with Crippen molar-refractivity contribution in [2.75, 3.05) is 6.61 Å². The lowest BCUT2D eigenvalue weighted by molar-refractivity contribution is 0.0770. The summed E-state index contributed by atoms with van der Waals surface area (Å²) < 4.78 is 0. The number of aliphatic hydroxyl groups excluding tert-OH is 2. The third-order valence-electron chi connectivity index (χ3n) is 1.97. The maximum atomic E-state index is 9.63. The first-order valence-electron chi connectivity index (χ1n) is 5.09. The zero-order chi connectivity index (χ0) is 11.0. The Morgan fingerprint density at radius 3 is 2.07 bits per heavy atom. The molecule has 0 saturated carbocycles. The van der Waals surface area contributed by atoms with Crippen molar-refractivity contribution in [2.24, 2.45) is 5.92 Å². The molecule has 0 aliphatic rings. The minimum absolute atomic E-state index is 0.00998. The van der Waals surface area contributed by atoms with Gasteiger partial charge in [-0.15, -0.1) is 0 Å². The van der Waals surface area contributed by atoms with Crippen LogP contribution in [-0.2, 0) is 0 Å². The highest BCUT2D eigenvalue weighted by Gasteiger charge is 2.14. The molecule has 80 valence electrons. The van der Waals surface area contributed by atoms with Crippen LogP contribution in [-0.4, -0.2) is 16.8 Å². The maximum absolute atomic E-state index is 9.63. The summed E-state index contributed by atoms with van der Waals surface area (Å²) in [5.41, 5.74) is 0.860. The Kier molecular flexibility index (Phi) is 7.07. The molecule has 2 unspecified atom stereocenters. The Morgan fingerprint density at radius 1 is 1.14 bits per heavy atom. The van der Waals surface area contributed by atoms with Gasteiger partial charge in [-0.3, -0.25) is 0 Å². The fraction of sp³-hybridized carbons (Fsp3) is 0.500. The zero-order valence-corrected chi connectivity index (χ0v) is 9.14. The molecule has 0 spiro atoms. The van der Waals surface area contributed by atoms with Crippen molar-refractivity contribution in [2.45, 2.75) is 26.9 Å². The average Bonchev–Trinajstić information content (AvgIpc) is 2.31. The van der Waals surface area contributed by atoms with Gasteiger partial charge in [-0.25, -0.2) is 0 Å². The smallest absolute Gasteiger partial charge is 0.0837 e. The van der Waals surface area contributed by atoms with E-state index in [0.717, 1.165) is 5.56 Å². The normalized spacial score (nSPS) is 13.8. The molecule has 0 heterocycles. The second-order valence-corrected chi connectivity index (χ2v) is 3.02. The molecular weight excluding hydrogens is 176 g/mol. The summed E-state index contributed by atoms with van der Waals surface area (Å²) in [6, 6.07) is 9.37. The third kappa shape index (κ3) is 3.90. The molecule has 0 amide bonds. The third-order valence-corrected chi connectivity index (χ3v) is 1.97. The summed E-state index contributed by atoms with van der Waals surface area (Å²) >= 11 is 0. The van der Waals surface area contributed by atoms with Crippen LogP contribution >= 0.6 is 0 Å². The van der Waals surface area contributed by atoms with Gasteiger partial charge in [0.2, 0.25) is 0 Å². The Balaban J connectivity index is 0.000000791. The van der Waals surface area contributed by atoms with Crippen molar-refractivity contribution in [1.29, 1.82) is 0 Å². The molecule has 2 heteroatoms. The second kappa shape index (κ2) is 7.54. The summed E-state index contributed by atoms with van der Waals surface area (Å²) in [5.74, 6) is -0.104. The molecule has 0 bridgehead atoms. The van der Waals surface area contributed by atoms with Gasteiger partial charge in [0.15, 0.2) is 0 Å². The van der Waals surface area contributed by atoms with Crippen molar-refractivity contribution >= 4 is 0 Å². The van der Waals surface area contributed by atoms with Crippen LogP contribution in [0.15, 0.2) is 30.3 Å². The number of rotatable bonds is 3. The van der Waals surface area contributed by atoms with Gasteiger partial charge in [0.25, 0.3) is 0 Å². The summed E-state index contributed by atoms with van der Waals surface area (Å²) in [4.78, 5) is 0. The van der Waals surface area contributed by atoms with E-state index in [1.54, 1.807) is 0 Å². The number of hydrogen-bond acceptors (Lipinski definition) is 2. The predicted molar refractivity (Wildman–Crippen MR) is 59.0 cm³/mol. The summed E-state index contributed by atoms with van der Waals surface area (Å²) in [7, 11) is 0. The fourth-order valence-corrected chi connectivity index (χ4v) is 1.08. The second-order valence-electron chi connectivity index (χ2n) is 3.02. The molecule has 2 atom stereocenters. The van der Waals surface area contributed by atoms with Crippen LogP contribution in [0.25, 0.3) is 0 Å². The molecule has 0 radical (unpaired) electrons. The molecule has 2 nitrogen and oxygen atoms in total. The summed E-state index contributed by atoms with van der Waals surface area (Å²) in [5, 5.41) is 18.4. The highest BCUT2D eigenvalue weighted by Crippen LogP contribution is 2.20. The lowest BCUT2D eigenvalue weighted by atomic mass is 9.98. The SMILES string of the molecule is CC.CC(CO)C(O)c1ccccc1. The van der Waals surface area contributed by atoms with Crippen LogP contribution in [0.4, 0.5) is 0 Å². The minimum Gasteiger partial charge on any atom is -0.396 e. The van der Waals surface area contributed by atoms with Gasteiger partial charge in [-0.05, 0) is 5.56 Å². The number of aliphatic hydroxyl groups is 2. The van der Waals surface area contributed by atoms with Gasteiger partial charge in [0.05, 0.1) is 6.10 Å². The Hall–Kier alpha value is -0.860. The maximum Gasteiger partial charge on any atom is 0.0837 e. The molecule has 2 N–H and O–H groups in total. The number of hydrogen-bond donors (Lipinski definition) is 2. The first-order chi connectivity index (χ1) is 6.75. The Morgan fingerprint density at radius 2 is 1.64 bits per heavy atom. The van der Waals surface area contributed by atoms with Gasteiger partial charge in [0, 0.05) is 12.5 Å². The van der Waals surface area contributed by atoms with Gasteiger partial charge in [-0.2, -0.15) is 0 Å². The summed E-state index contributed by atoms with van der Waals surface area (Å²) in [6.45, 7) is 5.83. The van der Waals surface area contributed by atoms with E-state index in [1.807, 2.05) is 51.1 Å². The van der Waals surface area contributed by atoms with Crippen molar-refractivity contribution in [3.05, 3.63) is 35.9 Å². The largest absolute Gasteiger partial charge is 0.396 e. The van der Waals surface area contributed by atoms with E-state index < -0.39 is 6.10 Å². The minimum atomic E-state index is -0.559. The van der Waals surface area contributed by atoms with Crippen LogP contribution in [0.5, 0.6) is 0 Å². The van der Waals surface area contributed by atoms with Crippen LogP contribution < -0.4 is 0 Å². The van der Waals surface area contributed by atoms with Crippen molar-refractivity contribution < 1.29 is 10.2 Å². The van der Waals surface area contributed by atoms with E-state index in [-0.39, 0.29) is 12.5 Å². The lowest BCUT2D eigenvalue weighted by Gasteiger charge is -2.16. The van der Waals surface area contributed by atoms with Crippen molar-refractivity contribution in [3.63, 3.8) is 0 Å². The van der Waals surface area contributed by atoms with Crippen LogP contribution in [0.1, 0.15) is 32.4 Å². The highest BCUT2D eigenvalue weighted by atomic mass is 16.3. The van der Waals surface area contributed by atoms with Gasteiger partial charge >= 0.3 is 0 Å². The van der Waals surface area contributed by atoms with E-state index in [0.29, 0.717) is 0 Å². The van der Waals surface area contributed by atoms with Crippen molar-refractivity contribution in [1.82, 2.24) is 0 Å². The lowest BCUT2D eigenvalue weighted by Crippen LogP contribution is -2.12. The van der Waals surface area contributed by atoms with Gasteiger partial charge < -0.3 is 10.2 Å². The molecule has 1 rings (SSSR count). The van der Waals surface area contributed by atoms with E-state index in [1.165, 1.54) is 0 Å². The monoisotopic (exact) mass is 196 g/mol. The molecule has 1 aromatic rings. The first kappa shape index (κ1) is 13.1. The number of benzene rings is 1. The molecule has 0 fully saturated rings. The molecule has 0 aliphatic heterocycles. The molecular formula is C12H20O2. The van der Waals surface area contributed by atoms with Gasteiger partial charge in [-0.1, -0.05) is 51.1 Å². The zero-order valence-electron chi connectivity index (χ0n) is 9.14. The van der Waals surface area contributed by atoms with Crippen LogP contribution in [0.2, 0.25) is 0 Å². The highest BCUT2D eigenvalue weighted by molar-refractivity contribution is 5.17. The first-order valence-corrected chi connectivity index (χ1v) is 5.09. The topological polar surface area (TPSA) is 40.5 Å². The Bertz CT molecular complexity index is 221. The van der Waals surface area contributed by atoms with Crippen LogP contribution in [0.3, 0.4) is 0 Å². The van der Waals surface area contributed by atoms with E-state index in [2.05, 4.69) is 0 Å². The van der Waals surface area contributed by atoms with Crippen molar-refractivity contribution in [3.8, 4) is 0 Å². The Labute approximate surface area is 86.2 Å². The fourth-order valence-electron chi connectivity index (χ4n) is 1.08. The van der Waals surface area contributed by atoms with Crippen LogP contribution in [0, 0.1) is 5.92 Å². The molecule has 0 aliphatic carbocycles. The van der Waals surface area contributed by atoms with E-state index in [4.69, 9.17) is 5.11 Å². The molecule has 1 aromatic carbocycles. The molecule has 0 aromatic heterocycles.